The van der Waals surface area contributed by atoms with E-state index in [9.17, 15) is 9.59 Å². The van der Waals surface area contributed by atoms with Crippen LogP contribution in [-0.4, -0.2) is 35.5 Å². The van der Waals surface area contributed by atoms with Gasteiger partial charge >= 0.3 is 5.97 Å². The Kier molecular flexibility index (Phi) is 5.66. The fraction of sp³-hybridized carbons (Fsp3) is 0.818. The molecule has 0 spiro atoms. The Balaban J connectivity index is 2.26. The Hall–Kier alpha value is -0.710. The van der Waals surface area contributed by atoms with Crippen molar-refractivity contribution in [2.45, 2.75) is 25.7 Å². The molecule has 2 unspecified atom stereocenters. The number of amides is 1. The van der Waals surface area contributed by atoms with Gasteiger partial charge in [-0.1, -0.05) is 6.42 Å². The molecule has 2 N–H and O–H groups in total. The molecule has 0 aliphatic heterocycles. The molecule has 1 aliphatic rings. The van der Waals surface area contributed by atoms with Crippen LogP contribution in [0.4, 0.5) is 0 Å². The third-order valence-corrected chi connectivity index (χ3v) is 3.68. The fourth-order valence-electron chi connectivity index (χ4n) is 2.13. The van der Waals surface area contributed by atoms with Gasteiger partial charge < -0.3 is 10.4 Å². The predicted molar refractivity (Wildman–Crippen MR) is 64.5 cm³/mol. The molecule has 1 aliphatic carbocycles. The molecule has 0 aromatic rings. The van der Waals surface area contributed by atoms with Crippen LogP contribution < -0.4 is 5.32 Å². The summed E-state index contributed by atoms with van der Waals surface area (Å²) in [5.41, 5.74) is 0. The van der Waals surface area contributed by atoms with Gasteiger partial charge in [-0.3, -0.25) is 9.59 Å². The van der Waals surface area contributed by atoms with Crippen molar-refractivity contribution in [1.29, 1.82) is 0 Å². The molecule has 4 nitrogen and oxygen atoms in total. The first-order valence-corrected chi connectivity index (χ1v) is 7.03. The van der Waals surface area contributed by atoms with Crippen LogP contribution in [-0.2, 0) is 9.59 Å². The molecule has 0 saturated heterocycles. The van der Waals surface area contributed by atoms with E-state index in [1.165, 1.54) is 0 Å². The van der Waals surface area contributed by atoms with Gasteiger partial charge in [0.2, 0.25) is 5.91 Å². The van der Waals surface area contributed by atoms with E-state index in [0.717, 1.165) is 25.0 Å². The maximum Gasteiger partial charge on any atom is 0.306 e. The van der Waals surface area contributed by atoms with Crippen LogP contribution in [0.3, 0.4) is 0 Å². The van der Waals surface area contributed by atoms with Gasteiger partial charge in [-0.25, -0.2) is 0 Å². The third kappa shape index (κ3) is 4.04. The quantitative estimate of drug-likeness (QED) is 0.741. The normalized spacial score (nSPS) is 24.3. The highest BCUT2D eigenvalue weighted by Crippen LogP contribution is 2.31. The van der Waals surface area contributed by atoms with Crippen LogP contribution in [0.25, 0.3) is 0 Å². The molecule has 0 heterocycles. The third-order valence-electron chi connectivity index (χ3n) is 3.07. The lowest BCUT2D eigenvalue weighted by Gasteiger charge is -2.16. The number of hydrogen-bond acceptors (Lipinski definition) is 3. The molecular formula is C11H19NO3S. The van der Waals surface area contributed by atoms with Crippen molar-refractivity contribution in [3.05, 3.63) is 0 Å². The number of nitrogens with one attached hydrogen (secondary N) is 1. The van der Waals surface area contributed by atoms with Crippen molar-refractivity contribution in [2.75, 3.05) is 18.6 Å². The Bertz CT molecular complexity index is 258. The van der Waals surface area contributed by atoms with Crippen molar-refractivity contribution in [2.24, 2.45) is 11.8 Å². The summed E-state index contributed by atoms with van der Waals surface area (Å²) >= 11 is 1.64. The Morgan fingerprint density at radius 2 is 2.19 bits per heavy atom. The Morgan fingerprint density at radius 1 is 1.44 bits per heavy atom. The van der Waals surface area contributed by atoms with E-state index in [-0.39, 0.29) is 17.7 Å². The molecule has 92 valence electrons. The van der Waals surface area contributed by atoms with Gasteiger partial charge in [0, 0.05) is 18.7 Å². The van der Waals surface area contributed by atoms with Crippen LogP contribution in [0.5, 0.6) is 0 Å². The number of carbonyl (C=O) groups excluding carboxylic acids is 1. The zero-order chi connectivity index (χ0) is 12.0. The smallest absolute Gasteiger partial charge is 0.306 e. The molecule has 0 radical (unpaired) electrons. The van der Waals surface area contributed by atoms with E-state index in [0.29, 0.717) is 13.0 Å². The maximum atomic E-state index is 11.4. The minimum absolute atomic E-state index is 0.0328. The lowest BCUT2D eigenvalue weighted by molar-refractivity contribution is -0.143. The first-order chi connectivity index (χ1) is 7.65. The summed E-state index contributed by atoms with van der Waals surface area (Å²) in [7, 11) is 0. The number of rotatable bonds is 6. The maximum absolute atomic E-state index is 11.4. The number of thioether (sulfide) groups is 1. The molecule has 1 rings (SSSR count). The molecule has 0 aromatic carbocycles. The summed E-state index contributed by atoms with van der Waals surface area (Å²) in [6.45, 7) is 0.518. The van der Waals surface area contributed by atoms with Crippen molar-refractivity contribution in [1.82, 2.24) is 5.32 Å². The average molecular weight is 245 g/mol. The van der Waals surface area contributed by atoms with E-state index >= 15 is 0 Å². The summed E-state index contributed by atoms with van der Waals surface area (Å²) in [5.74, 6) is -0.0124. The summed E-state index contributed by atoms with van der Waals surface area (Å²) in [5, 5.41) is 11.8. The number of hydrogen-bond donors (Lipinski definition) is 2. The number of aliphatic carboxylic acids is 1. The van der Waals surface area contributed by atoms with Crippen molar-refractivity contribution < 1.29 is 14.7 Å². The Morgan fingerprint density at radius 3 is 2.81 bits per heavy atom. The first kappa shape index (κ1) is 13.4. The SMILES string of the molecule is CSCCC(=O)NCC1CCCC1C(=O)O. The van der Waals surface area contributed by atoms with Gasteiger partial charge in [0.25, 0.3) is 0 Å². The van der Waals surface area contributed by atoms with Crippen LogP contribution in [0.15, 0.2) is 0 Å². The van der Waals surface area contributed by atoms with E-state index in [1.54, 1.807) is 11.8 Å². The predicted octanol–water partition coefficient (Wildman–Crippen LogP) is 1.36. The van der Waals surface area contributed by atoms with E-state index in [2.05, 4.69) is 5.32 Å². The monoisotopic (exact) mass is 245 g/mol. The molecule has 0 aromatic heterocycles. The zero-order valence-electron chi connectivity index (χ0n) is 9.57. The summed E-state index contributed by atoms with van der Waals surface area (Å²) in [6.07, 6.45) is 5.11. The zero-order valence-corrected chi connectivity index (χ0v) is 10.4. The second kappa shape index (κ2) is 6.78. The lowest BCUT2D eigenvalue weighted by Crippen LogP contribution is -2.33. The van der Waals surface area contributed by atoms with Gasteiger partial charge in [0.05, 0.1) is 5.92 Å². The highest BCUT2D eigenvalue weighted by molar-refractivity contribution is 7.98. The molecular weight excluding hydrogens is 226 g/mol. The van der Waals surface area contributed by atoms with Crippen LogP contribution in [0.1, 0.15) is 25.7 Å². The first-order valence-electron chi connectivity index (χ1n) is 5.63. The van der Waals surface area contributed by atoms with Gasteiger partial charge in [0.15, 0.2) is 0 Å². The van der Waals surface area contributed by atoms with Crippen molar-refractivity contribution in [3.8, 4) is 0 Å². The summed E-state index contributed by atoms with van der Waals surface area (Å²) < 4.78 is 0. The summed E-state index contributed by atoms with van der Waals surface area (Å²) in [4.78, 5) is 22.3. The van der Waals surface area contributed by atoms with Gasteiger partial charge in [-0.2, -0.15) is 11.8 Å². The average Bonchev–Trinajstić information content (AvgIpc) is 2.71. The highest BCUT2D eigenvalue weighted by Gasteiger charge is 2.32. The standard InChI is InChI=1S/C11H19NO3S/c1-16-6-5-10(13)12-7-8-3-2-4-9(8)11(14)15/h8-9H,2-7H2,1H3,(H,12,13)(H,14,15). The summed E-state index contributed by atoms with van der Waals surface area (Å²) in [6, 6.07) is 0. The van der Waals surface area contributed by atoms with Crippen LogP contribution in [0.2, 0.25) is 0 Å². The molecule has 1 amide bonds. The second-order valence-electron chi connectivity index (χ2n) is 4.18. The minimum Gasteiger partial charge on any atom is -0.481 e. The van der Waals surface area contributed by atoms with Crippen LogP contribution >= 0.6 is 11.8 Å². The highest BCUT2D eigenvalue weighted by atomic mass is 32.2. The Labute approximate surface area is 100 Å². The molecule has 0 bridgehead atoms. The minimum atomic E-state index is -0.721. The largest absolute Gasteiger partial charge is 0.481 e. The van der Waals surface area contributed by atoms with Crippen molar-refractivity contribution in [3.63, 3.8) is 0 Å². The molecule has 1 saturated carbocycles. The van der Waals surface area contributed by atoms with Gasteiger partial charge in [-0.05, 0) is 25.0 Å². The second-order valence-corrected chi connectivity index (χ2v) is 5.17. The molecule has 5 heteroatoms. The van der Waals surface area contributed by atoms with Crippen LogP contribution in [0, 0.1) is 11.8 Å². The lowest BCUT2D eigenvalue weighted by atomic mass is 9.96. The van der Waals surface area contributed by atoms with E-state index in [4.69, 9.17) is 5.11 Å². The van der Waals surface area contributed by atoms with Crippen molar-refractivity contribution >= 4 is 23.6 Å². The fourth-order valence-corrected chi connectivity index (χ4v) is 2.52. The number of carboxylic acids is 1. The van der Waals surface area contributed by atoms with Gasteiger partial charge in [-0.15, -0.1) is 0 Å². The molecule has 1 fully saturated rings. The van der Waals surface area contributed by atoms with E-state index < -0.39 is 5.97 Å². The topological polar surface area (TPSA) is 66.4 Å². The van der Waals surface area contributed by atoms with Gasteiger partial charge in [0.1, 0.15) is 0 Å². The van der Waals surface area contributed by atoms with E-state index in [1.807, 2.05) is 6.26 Å². The molecule has 2 atom stereocenters. The number of carboxylic acid groups (broad SMARTS) is 1. The number of carbonyl (C=O) groups is 2. The molecule has 16 heavy (non-hydrogen) atoms.